The van der Waals surface area contributed by atoms with Gasteiger partial charge in [-0.3, -0.25) is 4.99 Å². The van der Waals surface area contributed by atoms with Crippen LogP contribution in [0, 0.1) is 6.92 Å². The van der Waals surface area contributed by atoms with E-state index < -0.39 is 10.0 Å². The van der Waals surface area contributed by atoms with Crippen molar-refractivity contribution in [2.45, 2.75) is 25.7 Å². The Kier molecular flexibility index (Phi) is 8.94. The quantitative estimate of drug-likeness (QED) is 0.302. The Morgan fingerprint density at radius 1 is 1.07 bits per heavy atom. The lowest BCUT2D eigenvalue weighted by Crippen LogP contribution is -2.32. The van der Waals surface area contributed by atoms with E-state index in [1.165, 1.54) is 0 Å². The second-order valence-electron chi connectivity index (χ2n) is 6.40. The lowest BCUT2D eigenvalue weighted by molar-refractivity contribution is 0.311. The van der Waals surface area contributed by atoms with Crippen molar-refractivity contribution in [1.82, 2.24) is 10.0 Å². The van der Waals surface area contributed by atoms with Crippen molar-refractivity contribution in [3.63, 3.8) is 0 Å². The average Bonchev–Trinajstić information content (AvgIpc) is 2.72. The van der Waals surface area contributed by atoms with Crippen molar-refractivity contribution in [3.8, 4) is 11.5 Å². The molecular formula is C21H30N4O4S. The predicted molar refractivity (Wildman–Crippen MR) is 120 cm³/mol. The van der Waals surface area contributed by atoms with Crippen molar-refractivity contribution in [2.75, 3.05) is 38.7 Å². The molecule has 0 saturated carbocycles. The Morgan fingerprint density at radius 3 is 2.43 bits per heavy atom. The van der Waals surface area contributed by atoms with Gasteiger partial charge in [-0.25, -0.2) is 13.1 Å². The molecule has 0 atom stereocenters. The van der Waals surface area contributed by atoms with E-state index in [4.69, 9.17) is 9.47 Å². The van der Waals surface area contributed by atoms with Crippen molar-refractivity contribution in [3.05, 3.63) is 48.0 Å². The average molecular weight is 435 g/mol. The van der Waals surface area contributed by atoms with Crippen LogP contribution >= 0.6 is 0 Å². The van der Waals surface area contributed by atoms with E-state index >= 15 is 0 Å². The molecule has 0 aromatic heterocycles. The van der Waals surface area contributed by atoms with Crippen LogP contribution in [0.2, 0.25) is 0 Å². The van der Waals surface area contributed by atoms with E-state index in [1.807, 2.05) is 39.0 Å². The predicted octanol–water partition coefficient (Wildman–Crippen LogP) is 2.76. The third-order valence-electron chi connectivity index (χ3n) is 4.08. The van der Waals surface area contributed by atoms with Crippen LogP contribution in [0.15, 0.2) is 52.4 Å². The largest absolute Gasteiger partial charge is 0.493 e. The van der Waals surface area contributed by atoms with E-state index in [2.05, 4.69) is 20.3 Å². The number of rotatable bonds is 10. The summed E-state index contributed by atoms with van der Waals surface area (Å²) in [6, 6.07) is 12.2. The molecule has 0 aliphatic heterocycles. The molecule has 164 valence electrons. The van der Waals surface area contributed by atoms with Gasteiger partial charge in [0.2, 0.25) is 10.0 Å². The summed E-state index contributed by atoms with van der Waals surface area (Å²) >= 11 is 0. The van der Waals surface area contributed by atoms with Gasteiger partial charge in [0.1, 0.15) is 0 Å². The van der Waals surface area contributed by atoms with Gasteiger partial charge in [-0.2, -0.15) is 0 Å². The van der Waals surface area contributed by atoms with Crippen LogP contribution in [0.4, 0.5) is 5.69 Å². The van der Waals surface area contributed by atoms with Crippen molar-refractivity contribution < 1.29 is 17.9 Å². The van der Waals surface area contributed by atoms with E-state index in [9.17, 15) is 8.42 Å². The van der Waals surface area contributed by atoms with Gasteiger partial charge in [-0.1, -0.05) is 17.7 Å². The van der Waals surface area contributed by atoms with Crippen LogP contribution in [0.25, 0.3) is 0 Å². The van der Waals surface area contributed by atoms with Crippen LogP contribution in [-0.2, 0) is 10.0 Å². The molecule has 0 aliphatic rings. The molecule has 0 unspecified atom stereocenters. The molecule has 0 radical (unpaired) electrons. The highest BCUT2D eigenvalue weighted by Gasteiger charge is 2.12. The zero-order valence-electron chi connectivity index (χ0n) is 17.9. The maximum Gasteiger partial charge on any atom is 0.240 e. The van der Waals surface area contributed by atoms with Crippen LogP contribution < -0.4 is 24.8 Å². The summed E-state index contributed by atoms with van der Waals surface area (Å²) in [5.74, 6) is 1.82. The summed E-state index contributed by atoms with van der Waals surface area (Å²) < 4.78 is 38.2. The summed E-state index contributed by atoms with van der Waals surface area (Å²) in [7, 11) is -1.96. The first-order valence-corrected chi connectivity index (χ1v) is 11.3. The van der Waals surface area contributed by atoms with Gasteiger partial charge in [0.25, 0.3) is 0 Å². The number of guanidine groups is 1. The fourth-order valence-corrected chi connectivity index (χ4v) is 3.64. The van der Waals surface area contributed by atoms with Crippen molar-refractivity contribution in [2.24, 2.45) is 4.99 Å². The molecule has 0 fully saturated rings. The van der Waals surface area contributed by atoms with Gasteiger partial charge in [0, 0.05) is 24.8 Å². The molecule has 3 N–H and O–H groups in total. The molecule has 0 heterocycles. The highest BCUT2D eigenvalue weighted by atomic mass is 32.2. The van der Waals surface area contributed by atoms with Crippen molar-refractivity contribution >= 4 is 21.7 Å². The first-order chi connectivity index (χ1) is 14.4. The molecule has 2 aromatic carbocycles. The van der Waals surface area contributed by atoms with Crippen LogP contribution in [0.5, 0.6) is 11.5 Å². The topological polar surface area (TPSA) is 101 Å². The van der Waals surface area contributed by atoms with Gasteiger partial charge in [-0.05, 0) is 45.0 Å². The van der Waals surface area contributed by atoms with Crippen molar-refractivity contribution in [1.29, 1.82) is 0 Å². The normalized spacial score (nSPS) is 11.8. The van der Waals surface area contributed by atoms with Gasteiger partial charge in [0.05, 0.1) is 25.2 Å². The Bertz CT molecular complexity index is 944. The number of aliphatic imine (C=N–C) groups is 1. The molecule has 0 bridgehead atoms. The van der Waals surface area contributed by atoms with Gasteiger partial charge in [0.15, 0.2) is 17.5 Å². The molecule has 0 saturated heterocycles. The van der Waals surface area contributed by atoms with E-state index in [0.717, 1.165) is 11.3 Å². The molecule has 2 aromatic rings. The number of benzene rings is 2. The van der Waals surface area contributed by atoms with Crippen LogP contribution in [-0.4, -0.2) is 47.7 Å². The number of nitrogens with zero attached hydrogens (tertiary/aromatic N) is 1. The molecular weight excluding hydrogens is 404 g/mol. The fourth-order valence-electron chi connectivity index (χ4n) is 2.62. The Balaban J connectivity index is 2.00. The van der Waals surface area contributed by atoms with Gasteiger partial charge < -0.3 is 20.1 Å². The minimum atomic E-state index is -3.56. The van der Waals surface area contributed by atoms with Gasteiger partial charge >= 0.3 is 0 Å². The highest BCUT2D eigenvalue weighted by Crippen LogP contribution is 2.30. The Labute approximate surface area is 178 Å². The maximum atomic E-state index is 12.3. The molecule has 8 nitrogen and oxygen atoms in total. The van der Waals surface area contributed by atoms with E-state index in [0.29, 0.717) is 30.6 Å². The summed E-state index contributed by atoms with van der Waals surface area (Å²) in [4.78, 5) is 4.67. The Morgan fingerprint density at radius 2 is 1.80 bits per heavy atom. The lowest BCUT2D eigenvalue weighted by atomic mass is 10.2. The van der Waals surface area contributed by atoms with E-state index in [1.54, 1.807) is 31.4 Å². The summed E-state index contributed by atoms with van der Waals surface area (Å²) in [5, 5.41) is 6.33. The van der Waals surface area contributed by atoms with E-state index in [-0.39, 0.29) is 18.0 Å². The standard InChI is InChI=1S/C21H30N4O4S/c1-5-22-21(25-17-9-12-19(28-4)20(15-17)29-6-2)23-13-14-24-30(26,27)18-10-7-16(3)8-11-18/h7-12,15,24H,5-6,13-14H2,1-4H3,(H2,22,23,25). The highest BCUT2D eigenvalue weighted by molar-refractivity contribution is 7.89. The number of methoxy groups -OCH3 is 1. The third kappa shape index (κ3) is 6.93. The minimum Gasteiger partial charge on any atom is -0.493 e. The summed E-state index contributed by atoms with van der Waals surface area (Å²) in [6.07, 6.45) is 0. The second-order valence-corrected chi connectivity index (χ2v) is 8.16. The molecule has 0 aliphatic carbocycles. The number of anilines is 1. The smallest absolute Gasteiger partial charge is 0.240 e. The molecule has 9 heteroatoms. The third-order valence-corrected chi connectivity index (χ3v) is 5.55. The molecule has 0 amide bonds. The number of sulfonamides is 1. The number of hydrogen-bond acceptors (Lipinski definition) is 5. The number of ether oxygens (including phenoxy) is 2. The first-order valence-electron chi connectivity index (χ1n) is 9.82. The summed E-state index contributed by atoms with van der Waals surface area (Å²) in [5.41, 5.74) is 1.78. The minimum absolute atomic E-state index is 0.180. The molecule has 0 spiro atoms. The second kappa shape index (κ2) is 11.4. The van der Waals surface area contributed by atoms with Gasteiger partial charge in [-0.15, -0.1) is 0 Å². The number of hydrogen-bond donors (Lipinski definition) is 3. The SMILES string of the molecule is CCNC(=NCCNS(=O)(=O)c1ccc(C)cc1)Nc1ccc(OC)c(OCC)c1. The summed E-state index contributed by atoms with van der Waals surface area (Å²) in [6.45, 7) is 7.41. The lowest BCUT2D eigenvalue weighted by Gasteiger charge is -2.14. The zero-order chi connectivity index (χ0) is 22.0. The first kappa shape index (κ1) is 23.5. The number of aryl methyl sites for hydroxylation is 1. The van der Waals surface area contributed by atoms with Crippen LogP contribution in [0.3, 0.4) is 0 Å². The monoisotopic (exact) mass is 434 g/mol. The van der Waals surface area contributed by atoms with Crippen LogP contribution in [0.1, 0.15) is 19.4 Å². The number of nitrogens with one attached hydrogen (secondary N) is 3. The molecule has 2 rings (SSSR count). The zero-order valence-corrected chi connectivity index (χ0v) is 18.7. The Hall–Kier alpha value is -2.78. The maximum absolute atomic E-state index is 12.3. The fraction of sp³-hybridized carbons (Fsp3) is 0.381. The molecule has 30 heavy (non-hydrogen) atoms.